The first kappa shape index (κ1) is 21.1. The molecular formula is C35H20N2OS. The number of anilines is 3. The van der Waals surface area contributed by atoms with Crippen LogP contribution in [-0.4, -0.2) is 4.98 Å². The minimum Gasteiger partial charge on any atom is -0.453 e. The first-order valence-corrected chi connectivity index (χ1v) is 13.9. The Morgan fingerprint density at radius 1 is 0.590 bits per heavy atom. The third kappa shape index (κ3) is 3.01. The lowest BCUT2D eigenvalue weighted by Crippen LogP contribution is -2.15. The van der Waals surface area contributed by atoms with Gasteiger partial charge in [0.15, 0.2) is 11.5 Å². The van der Waals surface area contributed by atoms with Gasteiger partial charge in [-0.1, -0.05) is 72.8 Å². The Labute approximate surface area is 229 Å². The molecule has 0 spiro atoms. The molecular weight excluding hydrogens is 496 g/mol. The van der Waals surface area contributed by atoms with Gasteiger partial charge in [-0.05, 0) is 70.1 Å². The normalized spacial score (nSPS) is 12.8. The third-order valence-corrected chi connectivity index (χ3v) is 8.94. The maximum Gasteiger partial charge on any atom is 0.152 e. The van der Waals surface area contributed by atoms with Crippen molar-refractivity contribution in [1.29, 1.82) is 0 Å². The summed E-state index contributed by atoms with van der Waals surface area (Å²) in [5.41, 5.74) is 7.93. The van der Waals surface area contributed by atoms with E-state index >= 15 is 0 Å². The standard InChI is InChI=1S/C35H20N2OS/c1-2-8-24-20-31-29(19-23(24)7-1)37(28-13-3-4-14-30(28)38-31)25-17-15-22(16-18-25)35-36-33-26-11-5-9-21-10-6-12-27(32(21)26)34(33)39-35/h1-20H. The van der Waals surface area contributed by atoms with Gasteiger partial charge >= 0.3 is 0 Å². The van der Waals surface area contributed by atoms with Crippen molar-refractivity contribution in [2.75, 3.05) is 4.90 Å². The van der Waals surface area contributed by atoms with Crippen LogP contribution >= 0.6 is 11.3 Å². The number of fused-ring (bicyclic) bond motifs is 6. The van der Waals surface area contributed by atoms with Crippen molar-refractivity contribution in [2.24, 2.45) is 0 Å². The van der Waals surface area contributed by atoms with Crippen LogP contribution in [-0.2, 0) is 0 Å². The molecule has 7 aromatic rings. The molecule has 1 aliphatic heterocycles. The summed E-state index contributed by atoms with van der Waals surface area (Å²) in [6, 6.07) is 42.8. The SMILES string of the molecule is c1ccc2c(c1)Oc1cc3ccccc3cc1N2c1ccc(-c2nc3c(s2)-c2cccc4cccc-3c24)cc1. The molecule has 0 saturated heterocycles. The zero-order valence-corrected chi connectivity index (χ0v) is 21.6. The smallest absolute Gasteiger partial charge is 0.152 e. The van der Waals surface area contributed by atoms with E-state index in [9.17, 15) is 0 Å². The molecule has 0 unspecified atom stereocenters. The average molecular weight is 517 g/mol. The molecule has 2 aliphatic rings. The lowest BCUT2D eigenvalue weighted by molar-refractivity contribution is 0.478. The molecule has 0 radical (unpaired) electrons. The second-order valence-corrected chi connectivity index (χ2v) is 11.0. The molecule has 4 heteroatoms. The highest BCUT2D eigenvalue weighted by Crippen LogP contribution is 2.53. The number of thiazole rings is 1. The Kier molecular flexibility index (Phi) is 4.21. The Hall–Kier alpha value is -4.93. The van der Waals surface area contributed by atoms with Crippen molar-refractivity contribution in [1.82, 2.24) is 4.98 Å². The van der Waals surface area contributed by atoms with E-state index in [-0.39, 0.29) is 0 Å². The average Bonchev–Trinajstić information content (AvgIpc) is 3.55. The van der Waals surface area contributed by atoms with Crippen LogP contribution in [0.4, 0.5) is 17.1 Å². The van der Waals surface area contributed by atoms with Crippen molar-refractivity contribution in [3.63, 3.8) is 0 Å². The summed E-state index contributed by atoms with van der Waals surface area (Å²) in [4.78, 5) is 8.70. The summed E-state index contributed by atoms with van der Waals surface area (Å²) < 4.78 is 6.37. The lowest BCUT2D eigenvalue weighted by atomic mass is 10.0. The maximum atomic E-state index is 6.37. The van der Waals surface area contributed by atoms with Crippen LogP contribution in [0, 0.1) is 0 Å². The van der Waals surface area contributed by atoms with E-state index in [2.05, 4.69) is 114 Å². The van der Waals surface area contributed by atoms with Crippen LogP contribution in [0.5, 0.6) is 11.5 Å². The van der Waals surface area contributed by atoms with Crippen molar-refractivity contribution in [3.8, 4) is 43.8 Å². The molecule has 0 atom stereocenters. The highest BCUT2D eigenvalue weighted by Gasteiger charge is 2.28. The van der Waals surface area contributed by atoms with Gasteiger partial charge in [0.1, 0.15) is 5.01 Å². The quantitative estimate of drug-likeness (QED) is 0.228. The van der Waals surface area contributed by atoms with Gasteiger partial charge in [-0.3, -0.25) is 0 Å². The molecule has 9 rings (SSSR count). The van der Waals surface area contributed by atoms with Crippen LogP contribution in [0.1, 0.15) is 0 Å². The van der Waals surface area contributed by atoms with Crippen molar-refractivity contribution < 1.29 is 4.74 Å². The molecule has 182 valence electrons. The summed E-state index contributed by atoms with van der Waals surface area (Å²) in [6.45, 7) is 0. The molecule has 1 aliphatic carbocycles. The van der Waals surface area contributed by atoms with Crippen LogP contribution < -0.4 is 9.64 Å². The van der Waals surface area contributed by atoms with Gasteiger partial charge in [0.25, 0.3) is 0 Å². The lowest BCUT2D eigenvalue weighted by Gasteiger charge is -2.33. The van der Waals surface area contributed by atoms with E-state index < -0.39 is 0 Å². The molecule has 0 fully saturated rings. The Bertz CT molecular complexity index is 2050. The Morgan fingerprint density at radius 2 is 1.31 bits per heavy atom. The van der Waals surface area contributed by atoms with Gasteiger partial charge in [0, 0.05) is 22.4 Å². The fraction of sp³-hybridized carbons (Fsp3) is 0. The molecule has 3 nitrogen and oxygen atoms in total. The molecule has 0 bridgehead atoms. The Morgan fingerprint density at radius 3 is 2.15 bits per heavy atom. The summed E-state index contributed by atoms with van der Waals surface area (Å²) in [5.74, 6) is 1.72. The van der Waals surface area contributed by atoms with Crippen molar-refractivity contribution >= 4 is 49.9 Å². The van der Waals surface area contributed by atoms with Gasteiger partial charge in [0.2, 0.25) is 0 Å². The molecule has 2 heterocycles. The van der Waals surface area contributed by atoms with Gasteiger partial charge in [-0.25, -0.2) is 4.98 Å². The number of hydrogen-bond donors (Lipinski definition) is 0. The molecule has 0 amide bonds. The highest BCUT2D eigenvalue weighted by molar-refractivity contribution is 7.19. The van der Waals surface area contributed by atoms with E-state index in [4.69, 9.17) is 9.72 Å². The van der Waals surface area contributed by atoms with Crippen molar-refractivity contribution in [3.05, 3.63) is 121 Å². The summed E-state index contributed by atoms with van der Waals surface area (Å²) in [6.07, 6.45) is 0. The number of hydrogen-bond acceptors (Lipinski definition) is 4. The number of benzene rings is 6. The monoisotopic (exact) mass is 516 g/mol. The second kappa shape index (κ2) is 7.79. The predicted molar refractivity (Wildman–Crippen MR) is 162 cm³/mol. The number of nitrogens with zero attached hydrogens (tertiary/aromatic N) is 2. The zero-order valence-electron chi connectivity index (χ0n) is 20.8. The number of aromatic nitrogens is 1. The van der Waals surface area contributed by atoms with E-state index in [0.29, 0.717) is 0 Å². The summed E-state index contributed by atoms with van der Waals surface area (Å²) in [7, 11) is 0. The summed E-state index contributed by atoms with van der Waals surface area (Å²) in [5, 5.41) is 6.01. The number of ether oxygens (including phenoxy) is 1. The van der Waals surface area contributed by atoms with Gasteiger partial charge in [0.05, 0.1) is 21.9 Å². The first-order valence-electron chi connectivity index (χ1n) is 13.1. The Balaban J connectivity index is 1.15. The van der Waals surface area contributed by atoms with Crippen LogP contribution in [0.25, 0.3) is 53.8 Å². The van der Waals surface area contributed by atoms with E-state index in [1.54, 1.807) is 11.3 Å². The first-order chi connectivity index (χ1) is 19.3. The van der Waals surface area contributed by atoms with E-state index in [0.717, 1.165) is 44.8 Å². The van der Waals surface area contributed by atoms with Crippen molar-refractivity contribution in [2.45, 2.75) is 0 Å². The van der Waals surface area contributed by atoms with Crippen LogP contribution in [0.15, 0.2) is 121 Å². The number of rotatable bonds is 2. The fourth-order valence-electron chi connectivity index (χ4n) is 6.01. The second-order valence-electron chi connectivity index (χ2n) is 10.0. The molecule has 39 heavy (non-hydrogen) atoms. The van der Waals surface area contributed by atoms with Crippen LogP contribution in [0.3, 0.4) is 0 Å². The summed E-state index contributed by atoms with van der Waals surface area (Å²) >= 11 is 1.78. The topological polar surface area (TPSA) is 25.4 Å². The molecule has 0 saturated carbocycles. The number of para-hydroxylation sites is 2. The van der Waals surface area contributed by atoms with E-state index in [1.807, 2.05) is 12.1 Å². The zero-order chi connectivity index (χ0) is 25.5. The molecule has 1 aromatic heterocycles. The largest absolute Gasteiger partial charge is 0.453 e. The third-order valence-electron chi connectivity index (χ3n) is 7.80. The molecule has 0 N–H and O–H groups in total. The minimum atomic E-state index is 0.855. The van der Waals surface area contributed by atoms with E-state index in [1.165, 1.54) is 37.5 Å². The van der Waals surface area contributed by atoms with Gasteiger partial charge in [-0.15, -0.1) is 11.3 Å². The fourth-order valence-corrected chi connectivity index (χ4v) is 7.12. The highest BCUT2D eigenvalue weighted by atomic mass is 32.1. The van der Waals surface area contributed by atoms with Gasteiger partial charge < -0.3 is 9.64 Å². The maximum absolute atomic E-state index is 6.37. The molecule has 6 aromatic carbocycles. The predicted octanol–water partition coefficient (Wildman–Crippen LogP) is 10.3. The van der Waals surface area contributed by atoms with Crippen LogP contribution in [0.2, 0.25) is 0 Å². The van der Waals surface area contributed by atoms with Gasteiger partial charge in [-0.2, -0.15) is 0 Å². The minimum absolute atomic E-state index is 0.855.